The fourth-order valence-corrected chi connectivity index (χ4v) is 3.88. The van der Waals surface area contributed by atoms with E-state index in [1.165, 1.54) is 32.2 Å². The van der Waals surface area contributed by atoms with E-state index in [1.54, 1.807) is 18.2 Å². The summed E-state index contributed by atoms with van der Waals surface area (Å²) in [4.78, 5) is 51.9. The maximum Gasteiger partial charge on any atom is 0.404 e. The molecule has 0 aliphatic carbocycles. The molecule has 1 radical (unpaired) electrons. The number of benzene rings is 2. The number of carbonyl (C=O) groups is 4. The molecule has 3 atom stereocenters. The van der Waals surface area contributed by atoms with Crippen LogP contribution in [0, 0.1) is 0 Å². The Bertz CT molecular complexity index is 1240. The number of nitrogens with zero attached hydrogens (tertiary/aromatic N) is 1. The van der Waals surface area contributed by atoms with E-state index in [0.717, 1.165) is 0 Å². The third kappa shape index (κ3) is 10.2. The molecule has 3 rings (SSSR count). The number of esters is 2. The Balaban J connectivity index is 0.00000588. The summed E-state index contributed by atoms with van der Waals surface area (Å²) in [6.45, 7) is 0.722. The molecule has 0 aromatic heterocycles. The number of carbonyl (C=O) groups excluding carboxylic acids is 3. The van der Waals surface area contributed by atoms with Gasteiger partial charge in [0.15, 0.2) is 6.10 Å². The second-order valence-corrected chi connectivity index (χ2v) is 8.62. The zero-order chi connectivity index (χ0) is 29.2. The summed E-state index contributed by atoms with van der Waals surface area (Å²) in [5, 5.41) is 19.1. The van der Waals surface area contributed by atoms with Crippen molar-refractivity contribution in [2.24, 2.45) is 5.73 Å². The van der Waals surface area contributed by atoms with Crippen LogP contribution in [0.1, 0.15) is 46.8 Å². The number of aliphatic hydroxyl groups is 1. The minimum Gasteiger partial charge on any atom is -0.587 e. The summed E-state index contributed by atoms with van der Waals surface area (Å²) in [6, 6.07) is 8.99. The van der Waals surface area contributed by atoms with E-state index in [1.807, 2.05) is 0 Å². The van der Waals surface area contributed by atoms with Gasteiger partial charge in [-0.15, -0.1) is 0 Å². The standard InChI is InChI=1S/C26H29N2O12.Y/c1-14(30)37-18-9-22(25(33)35-2)39-23(10-18)38-21-6-3-15(8-19(21)24(31)32)11-28-40-20-5-4-16(12-29)7-17(20)13-36-26(27)34;/h3-8,18,22-23,29H,9-13H2,1-2H3,(H2,27,34)(H,31,32);/q-1;. The number of carboxylic acid groups (broad SMARTS) is 1. The first-order valence-electron chi connectivity index (χ1n) is 12.0. The molecule has 14 nitrogen and oxygen atoms in total. The number of ether oxygens (including phenoxy) is 5. The maximum atomic E-state index is 12.0. The number of carboxylic acids is 1. The molecule has 1 aliphatic rings. The van der Waals surface area contributed by atoms with Crippen molar-refractivity contribution >= 4 is 24.0 Å². The molecule has 1 fully saturated rings. The van der Waals surface area contributed by atoms with E-state index >= 15 is 0 Å². The monoisotopic (exact) mass is 650 g/mol. The number of methoxy groups -OCH3 is 1. The molecule has 41 heavy (non-hydrogen) atoms. The largest absolute Gasteiger partial charge is 0.587 e. The van der Waals surface area contributed by atoms with Crippen molar-refractivity contribution in [1.29, 1.82) is 0 Å². The van der Waals surface area contributed by atoms with Gasteiger partial charge in [-0.25, -0.2) is 14.4 Å². The molecule has 0 saturated carbocycles. The van der Waals surface area contributed by atoms with Gasteiger partial charge >= 0.3 is 24.0 Å². The normalized spacial score (nSPS) is 17.9. The molecule has 1 saturated heterocycles. The minimum absolute atomic E-state index is 0. The Hall–Kier alpha value is -3.30. The van der Waals surface area contributed by atoms with Crippen molar-refractivity contribution in [3.63, 3.8) is 0 Å². The Kier molecular flexibility index (Phi) is 13.4. The first kappa shape index (κ1) is 33.9. The van der Waals surface area contributed by atoms with Crippen LogP contribution < -0.4 is 15.3 Å². The second-order valence-electron chi connectivity index (χ2n) is 8.62. The third-order valence-electron chi connectivity index (χ3n) is 5.67. The number of hydrogen-bond acceptors (Lipinski definition) is 11. The molecular weight excluding hydrogens is 621 g/mol. The van der Waals surface area contributed by atoms with E-state index in [4.69, 9.17) is 34.3 Å². The van der Waals surface area contributed by atoms with E-state index in [-0.39, 0.29) is 82.4 Å². The van der Waals surface area contributed by atoms with Crippen LogP contribution in [0.25, 0.3) is 5.48 Å². The van der Waals surface area contributed by atoms with Crippen molar-refractivity contribution in [2.45, 2.75) is 58.0 Å². The van der Waals surface area contributed by atoms with Crippen molar-refractivity contribution in [3.05, 3.63) is 64.1 Å². The quantitative estimate of drug-likeness (QED) is 0.172. The van der Waals surface area contributed by atoms with Crippen LogP contribution in [0.15, 0.2) is 36.4 Å². The predicted molar refractivity (Wildman–Crippen MR) is 134 cm³/mol. The van der Waals surface area contributed by atoms with Crippen molar-refractivity contribution in [3.8, 4) is 11.5 Å². The Labute approximate surface area is 260 Å². The molecule has 0 bridgehead atoms. The number of primary amides is 1. The summed E-state index contributed by atoms with van der Waals surface area (Å²) in [5.74, 6) is -2.32. The van der Waals surface area contributed by atoms with Crippen molar-refractivity contribution < 1.29 is 90.6 Å². The molecular formula is C26H29N2O12Y-. The first-order chi connectivity index (χ1) is 19.1. The maximum absolute atomic E-state index is 12.0. The molecule has 2 aromatic rings. The SMILES string of the molecule is COC(=O)C1CC(OC(C)=O)CC(Oc2ccc(C[N-]Oc3ccc(CO)cc3COC(N)=O)cc2C(=O)O)O1.[Y]. The summed E-state index contributed by atoms with van der Waals surface area (Å²) >= 11 is 0. The molecule has 15 heteroatoms. The van der Waals surface area contributed by atoms with E-state index < -0.39 is 42.5 Å². The van der Waals surface area contributed by atoms with Crippen molar-refractivity contribution in [1.82, 2.24) is 0 Å². The fraction of sp³-hybridized carbons (Fsp3) is 0.385. The summed E-state index contributed by atoms with van der Waals surface area (Å²) in [7, 11) is 1.19. The van der Waals surface area contributed by atoms with Gasteiger partial charge in [-0.3, -0.25) is 4.79 Å². The van der Waals surface area contributed by atoms with Gasteiger partial charge in [0.25, 0.3) is 0 Å². The topological polar surface area (TPSA) is 204 Å². The second kappa shape index (κ2) is 16.2. The van der Waals surface area contributed by atoms with E-state index in [9.17, 15) is 29.4 Å². The number of rotatable bonds is 12. The molecule has 1 heterocycles. The van der Waals surface area contributed by atoms with E-state index in [2.05, 4.69) is 5.48 Å². The van der Waals surface area contributed by atoms with Gasteiger partial charge in [-0.05, 0) is 29.8 Å². The predicted octanol–water partition coefficient (Wildman–Crippen LogP) is 2.33. The van der Waals surface area contributed by atoms with Crippen LogP contribution in [-0.2, 0) is 81.0 Å². The number of aromatic carboxylic acids is 1. The van der Waals surface area contributed by atoms with Crippen LogP contribution in [0.3, 0.4) is 0 Å². The number of aliphatic hydroxyl groups excluding tert-OH is 1. The van der Waals surface area contributed by atoms with Crippen molar-refractivity contribution in [2.75, 3.05) is 7.11 Å². The zero-order valence-corrected chi connectivity index (χ0v) is 25.1. The summed E-state index contributed by atoms with van der Waals surface area (Å²) < 4.78 is 26.1. The first-order valence-corrected chi connectivity index (χ1v) is 12.0. The van der Waals surface area contributed by atoms with Crippen LogP contribution in [0.5, 0.6) is 11.5 Å². The van der Waals surface area contributed by atoms with Crippen LogP contribution in [0.4, 0.5) is 4.79 Å². The van der Waals surface area contributed by atoms with Crippen LogP contribution in [-0.4, -0.2) is 59.8 Å². The number of nitrogens with two attached hydrogens (primary N) is 1. The Morgan fingerprint density at radius 1 is 1.07 bits per heavy atom. The average Bonchev–Trinajstić information content (AvgIpc) is 2.91. The molecule has 1 amide bonds. The summed E-state index contributed by atoms with van der Waals surface area (Å²) in [5.41, 5.74) is 10.2. The van der Waals surface area contributed by atoms with Gasteiger partial charge in [-0.2, -0.15) is 0 Å². The number of hydroxylamine groups is 1. The number of amides is 1. The van der Waals surface area contributed by atoms with Crippen LogP contribution in [0.2, 0.25) is 0 Å². The Morgan fingerprint density at radius 2 is 1.78 bits per heavy atom. The smallest absolute Gasteiger partial charge is 0.404 e. The third-order valence-corrected chi connectivity index (χ3v) is 5.67. The van der Waals surface area contributed by atoms with Gasteiger partial charge in [-0.1, -0.05) is 24.2 Å². The molecule has 219 valence electrons. The van der Waals surface area contributed by atoms with Crippen LogP contribution >= 0.6 is 0 Å². The van der Waals surface area contributed by atoms with E-state index in [0.29, 0.717) is 16.7 Å². The van der Waals surface area contributed by atoms with Gasteiger partial charge in [0, 0.05) is 58.0 Å². The molecule has 3 unspecified atom stereocenters. The summed E-state index contributed by atoms with van der Waals surface area (Å²) in [6.07, 6.45) is -3.72. The Morgan fingerprint density at radius 3 is 2.41 bits per heavy atom. The minimum atomic E-state index is -1.29. The fourth-order valence-electron chi connectivity index (χ4n) is 3.88. The zero-order valence-electron chi connectivity index (χ0n) is 22.3. The van der Waals surface area contributed by atoms with Gasteiger partial charge in [0.1, 0.15) is 29.8 Å². The van der Waals surface area contributed by atoms with Gasteiger partial charge < -0.3 is 49.9 Å². The van der Waals surface area contributed by atoms with Gasteiger partial charge in [0.2, 0.25) is 6.29 Å². The van der Waals surface area contributed by atoms with Gasteiger partial charge in [0.05, 0.1) is 13.7 Å². The molecule has 0 spiro atoms. The molecule has 1 aliphatic heterocycles. The molecule has 4 N–H and O–H groups in total. The molecule has 2 aromatic carbocycles. The average molecular weight is 650 g/mol. The number of hydrogen-bond donors (Lipinski definition) is 3.